The predicted octanol–water partition coefficient (Wildman–Crippen LogP) is 4.44. The number of carbonyl (C=O) groups is 1. The second-order valence-electron chi connectivity index (χ2n) is 9.27. The number of fused-ring (bicyclic) bond motifs is 2. The Morgan fingerprint density at radius 2 is 1.83 bits per heavy atom. The number of methoxy groups -OCH3 is 2. The van der Waals surface area contributed by atoms with Crippen molar-refractivity contribution in [2.24, 2.45) is 4.99 Å². The first-order valence-corrected chi connectivity index (χ1v) is 14.6. The fourth-order valence-electron chi connectivity index (χ4n) is 4.98. The summed E-state index contributed by atoms with van der Waals surface area (Å²) in [6, 6.07) is 17.5. The van der Waals surface area contributed by atoms with Gasteiger partial charge in [-0.3, -0.25) is 9.36 Å². The van der Waals surface area contributed by atoms with Gasteiger partial charge in [-0.1, -0.05) is 47.7 Å². The first-order chi connectivity index (χ1) is 20.4. The van der Waals surface area contributed by atoms with Crippen LogP contribution in [0.4, 0.5) is 0 Å². The smallest absolute Gasteiger partial charge is 0.338 e. The molecule has 42 heavy (non-hydrogen) atoms. The van der Waals surface area contributed by atoms with Crippen molar-refractivity contribution in [3.63, 3.8) is 0 Å². The summed E-state index contributed by atoms with van der Waals surface area (Å²) in [4.78, 5) is 33.2. The Morgan fingerprint density at radius 3 is 2.57 bits per heavy atom. The molecule has 0 fully saturated rings. The van der Waals surface area contributed by atoms with Gasteiger partial charge >= 0.3 is 5.97 Å². The van der Waals surface area contributed by atoms with Crippen LogP contribution >= 0.6 is 27.3 Å². The highest BCUT2D eigenvalue weighted by Crippen LogP contribution is 2.40. The Bertz CT molecular complexity index is 1910. The number of rotatable bonds is 7. The summed E-state index contributed by atoms with van der Waals surface area (Å²) >= 11 is 4.74. The number of hydrogen-bond donors (Lipinski definition) is 0. The van der Waals surface area contributed by atoms with Crippen molar-refractivity contribution in [3.8, 4) is 23.0 Å². The Labute approximate surface area is 253 Å². The third kappa shape index (κ3) is 4.88. The molecular formula is C31H25BrN2O7S. The molecule has 6 rings (SSSR count). The number of ether oxygens (including phenoxy) is 5. The fourth-order valence-corrected chi connectivity index (χ4v) is 6.49. The first-order valence-electron chi connectivity index (χ1n) is 13.0. The molecule has 0 N–H and O–H groups in total. The molecule has 0 saturated heterocycles. The average Bonchev–Trinajstić information content (AvgIpc) is 3.60. The van der Waals surface area contributed by atoms with E-state index in [9.17, 15) is 9.59 Å². The average molecular weight is 650 g/mol. The number of carbonyl (C=O) groups excluding carboxylic acids is 1. The molecule has 4 aromatic rings. The van der Waals surface area contributed by atoms with Crippen molar-refractivity contribution in [2.45, 2.75) is 13.0 Å². The Balaban J connectivity index is 1.64. The van der Waals surface area contributed by atoms with Gasteiger partial charge in [-0.05, 0) is 52.7 Å². The zero-order valence-corrected chi connectivity index (χ0v) is 25.3. The van der Waals surface area contributed by atoms with Crippen molar-refractivity contribution in [3.05, 3.63) is 107 Å². The van der Waals surface area contributed by atoms with Crippen molar-refractivity contribution >= 4 is 45.0 Å². The van der Waals surface area contributed by atoms with Crippen LogP contribution < -0.4 is 33.8 Å². The van der Waals surface area contributed by atoms with E-state index in [4.69, 9.17) is 28.7 Å². The maximum absolute atomic E-state index is 14.2. The molecule has 9 nitrogen and oxygen atoms in total. The van der Waals surface area contributed by atoms with Crippen LogP contribution in [0.3, 0.4) is 0 Å². The maximum atomic E-state index is 14.2. The summed E-state index contributed by atoms with van der Waals surface area (Å²) < 4.78 is 30.3. The monoisotopic (exact) mass is 648 g/mol. The van der Waals surface area contributed by atoms with Gasteiger partial charge in [0.1, 0.15) is 11.5 Å². The summed E-state index contributed by atoms with van der Waals surface area (Å²) in [7, 11) is 3.12. The van der Waals surface area contributed by atoms with E-state index in [2.05, 4.69) is 15.9 Å². The molecule has 0 saturated carbocycles. The van der Waals surface area contributed by atoms with E-state index in [1.54, 1.807) is 45.4 Å². The molecule has 0 radical (unpaired) electrons. The minimum atomic E-state index is -0.836. The van der Waals surface area contributed by atoms with Crippen LogP contribution in [0.2, 0.25) is 0 Å². The normalized spacial score (nSPS) is 15.7. The summed E-state index contributed by atoms with van der Waals surface area (Å²) in [5.74, 6) is 1.69. The van der Waals surface area contributed by atoms with E-state index >= 15 is 0 Å². The van der Waals surface area contributed by atoms with Gasteiger partial charge in [-0.25, -0.2) is 9.79 Å². The van der Waals surface area contributed by atoms with E-state index < -0.39 is 12.0 Å². The van der Waals surface area contributed by atoms with E-state index in [1.165, 1.54) is 15.9 Å². The molecule has 11 heteroatoms. The van der Waals surface area contributed by atoms with E-state index in [0.29, 0.717) is 53.6 Å². The van der Waals surface area contributed by atoms with Crippen molar-refractivity contribution in [2.75, 3.05) is 27.6 Å². The standard InChI is InChI=1S/C31H25BrN2O7S/c1-4-39-30(36)26-27(17-8-6-5-7-9-17)33-31-34(28(26)18-10-11-21-24(13-18)41-16-40-21)29(35)25(42-31)14-19-12-20(32)23(38-3)15-22(19)37-2/h5-15,28H,4,16H2,1-3H3/b25-14-. The van der Waals surface area contributed by atoms with Crippen LogP contribution in [0.15, 0.2) is 80.5 Å². The number of thiazole rings is 1. The van der Waals surface area contributed by atoms with Gasteiger partial charge in [-0.15, -0.1) is 0 Å². The molecule has 0 amide bonds. The molecule has 1 atom stereocenters. The van der Waals surface area contributed by atoms with Crippen LogP contribution in [0.1, 0.15) is 29.7 Å². The van der Waals surface area contributed by atoms with Crippen LogP contribution in [-0.2, 0) is 9.53 Å². The lowest BCUT2D eigenvalue weighted by atomic mass is 9.93. The van der Waals surface area contributed by atoms with Crippen molar-refractivity contribution in [1.82, 2.24) is 4.57 Å². The zero-order chi connectivity index (χ0) is 29.4. The number of hydrogen-bond acceptors (Lipinski definition) is 9. The topological polar surface area (TPSA) is 97.6 Å². The fraction of sp³-hybridized carbons (Fsp3) is 0.194. The molecule has 0 bridgehead atoms. The van der Waals surface area contributed by atoms with Gasteiger partial charge in [0.25, 0.3) is 5.56 Å². The van der Waals surface area contributed by atoms with E-state index in [0.717, 1.165) is 5.56 Å². The number of nitrogens with zero attached hydrogens (tertiary/aromatic N) is 2. The zero-order valence-electron chi connectivity index (χ0n) is 22.9. The van der Waals surface area contributed by atoms with E-state index in [-0.39, 0.29) is 24.5 Å². The first kappa shape index (κ1) is 27.8. The van der Waals surface area contributed by atoms with Crippen LogP contribution in [0.5, 0.6) is 23.0 Å². The second kappa shape index (κ2) is 11.5. The van der Waals surface area contributed by atoms with Gasteiger partial charge in [0.2, 0.25) is 6.79 Å². The number of benzene rings is 3. The molecule has 1 unspecified atom stereocenters. The van der Waals surface area contributed by atoms with E-state index in [1.807, 2.05) is 42.5 Å². The highest BCUT2D eigenvalue weighted by atomic mass is 79.9. The number of aromatic nitrogens is 1. The van der Waals surface area contributed by atoms with Crippen LogP contribution in [0.25, 0.3) is 11.8 Å². The minimum absolute atomic E-state index is 0.0939. The highest BCUT2D eigenvalue weighted by Gasteiger charge is 2.36. The molecular weight excluding hydrogens is 624 g/mol. The molecule has 3 heterocycles. The summed E-state index contributed by atoms with van der Waals surface area (Å²) in [6.07, 6.45) is 1.75. The summed E-state index contributed by atoms with van der Waals surface area (Å²) in [6.45, 7) is 2.00. The number of esters is 1. The Kier molecular flexibility index (Phi) is 7.61. The SMILES string of the molecule is CCOC(=O)C1=C(c2ccccc2)N=c2s/c(=C\c3cc(Br)c(OC)cc3OC)c(=O)n2C1c1ccc2c(c1)OCO2. The maximum Gasteiger partial charge on any atom is 0.338 e. The van der Waals surface area contributed by atoms with Crippen molar-refractivity contribution in [1.29, 1.82) is 0 Å². The molecule has 1 aromatic heterocycles. The summed E-state index contributed by atoms with van der Waals surface area (Å²) in [5, 5.41) is 0. The summed E-state index contributed by atoms with van der Waals surface area (Å²) in [5.41, 5.74) is 2.43. The molecule has 0 spiro atoms. The lowest BCUT2D eigenvalue weighted by Crippen LogP contribution is -2.40. The predicted molar refractivity (Wildman–Crippen MR) is 161 cm³/mol. The minimum Gasteiger partial charge on any atom is -0.496 e. The van der Waals surface area contributed by atoms with Gasteiger partial charge in [0, 0.05) is 17.2 Å². The molecule has 3 aromatic carbocycles. The third-order valence-corrected chi connectivity index (χ3v) is 8.48. The Hall–Kier alpha value is -4.35. The van der Waals surface area contributed by atoms with Gasteiger partial charge in [0.15, 0.2) is 16.3 Å². The lowest BCUT2D eigenvalue weighted by molar-refractivity contribution is -0.138. The highest BCUT2D eigenvalue weighted by molar-refractivity contribution is 9.10. The molecule has 0 aliphatic carbocycles. The molecule has 2 aliphatic rings. The van der Waals surface area contributed by atoms with Gasteiger partial charge < -0.3 is 23.7 Å². The van der Waals surface area contributed by atoms with Gasteiger partial charge in [-0.2, -0.15) is 0 Å². The lowest BCUT2D eigenvalue weighted by Gasteiger charge is -2.26. The molecule has 2 aliphatic heterocycles. The van der Waals surface area contributed by atoms with Crippen molar-refractivity contribution < 1.29 is 28.5 Å². The second-order valence-corrected chi connectivity index (χ2v) is 11.1. The third-order valence-electron chi connectivity index (χ3n) is 6.88. The van der Waals surface area contributed by atoms with Crippen LogP contribution in [0, 0.1) is 0 Å². The number of halogens is 1. The largest absolute Gasteiger partial charge is 0.496 e. The molecule has 214 valence electrons. The van der Waals surface area contributed by atoms with Crippen LogP contribution in [-0.4, -0.2) is 38.2 Å². The Morgan fingerprint density at radius 1 is 1.07 bits per heavy atom. The quantitative estimate of drug-likeness (QED) is 0.273. The van der Waals surface area contributed by atoms with Gasteiger partial charge in [0.05, 0.1) is 47.1 Å².